The normalized spacial score (nSPS) is 10.9. The highest BCUT2D eigenvalue weighted by Crippen LogP contribution is 2.32. The van der Waals surface area contributed by atoms with Crippen LogP contribution in [0.1, 0.15) is 15.9 Å². The first-order chi connectivity index (χ1) is 16.0. The van der Waals surface area contributed by atoms with Crippen LogP contribution < -0.4 is 14.9 Å². The lowest BCUT2D eigenvalue weighted by molar-refractivity contribution is 0.0729. The first kappa shape index (κ1) is 22.8. The Balaban J connectivity index is 1.42. The van der Waals surface area contributed by atoms with Crippen LogP contribution in [0.3, 0.4) is 0 Å². The first-order valence-corrected chi connectivity index (χ1v) is 11.3. The van der Waals surface area contributed by atoms with Gasteiger partial charge in [0.15, 0.2) is 11.5 Å². The lowest BCUT2D eigenvalue weighted by atomic mass is 10.2. The number of halogens is 2. The number of esters is 1. The Labute approximate surface area is 204 Å². The number of benzene rings is 3. The number of carbonyl (C=O) groups is 1. The summed E-state index contributed by atoms with van der Waals surface area (Å²) in [5.74, 6) is 0.273. The summed E-state index contributed by atoms with van der Waals surface area (Å²) in [6.45, 7) is 0. The molecule has 0 unspecified atom stereocenters. The van der Waals surface area contributed by atoms with E-state index in [1.807, 2.05) is 17.5 Å². The van der Waals surface area contributed by atoms with Crippen molar-refractivity contribution in [2.45, 2.75) is 0 Å². The highest BCUT2D eigenvalue weighted by Gasteiger charge is 2.12. The van der Waals surface area contributed by atoms with Crippen molar-refractivity contribution < 1.29 is 14.3 Å². The highest BCUT2D eigenvalue weighted by molar-refractivity contribution is 7.14. The van der Waals surface area contributed by atoms with Gasteiger partial charge in [-0.2, -0.15) is 5.10 Å². The van der Waals surface area contributed by atoms with Crippen LogP contribution in [0, 0.1) is 0 Å². The molecule has 1 heterocycles. The SMILES string of the molecule is COc1cc(/C=N\Nc2nc(-c3ccc(Cl)cc3Cl)cs2)ccc1OC(=O)c1ccccc1. The maximum atomic E-state index is 12.3. The molecule has 0 amide bonds. The number of hydrazone groups is 1. The number of hydrogen-bond donors (Lipinski definition) is 1. The van der Waals surface area contributed by atoms with Crippen molar-refractivity contribution in [1.29, 1.82) is 0 Å². The van der Waals surface area contributed by atoms with Gasteiger partial charge in [-0.1, -0.05) is 41.4 Å². The molecule has 0 aliphatic heterocycles. The van der Waals surface area contributed by atoms with Crippen molar-refractivity contribution >= 4 is 51.9 Å². The molecule has 9 heteroatoms. The van der Waals surface area contributed by atoms with Crippen LogP contribution in [0.25, 0.3) is 11.3 Å². The van der Waals surface area contributed by atoms with Crippen molar-refractivity contribution in [3.8, 4) is 22.8 Å². The number of ether oxygens (including phenoxy) is 2. The van der Waals surface area contributed by atoms with Crippen molar-refractivity contribution in [2.24, 2.45) is 5.10 Å². The maximum Gasteiger partial charge on any atom is 0.343 e. The van der Waals surface area contributed by atoms with Crippen LogP contribution in [0.4, 0.5) is 5.13 Å². The van der Waals surface area contributed by atoms with Crippen molar-refractivity contribution in [3.63, 3.8) is 0 Å². The molecule has 33 heavy (non-hydrogen) atoms. The molecular formula is C24H17Cl2N3O3S. The molecule has 0 atom stereocenters. The number of anilines is 1. The zero-order chi connectivity index (χ0) is 23.2. The predicted octanol–water partition coefficient (Wildman–Crippen LogP) is 6.79. The molecule has 0 fully saturated rings. The second kappa shape index (κ2) is 10.5. The van der Waals surface area contributed by atoms with E-state index < -0.39 is 5.97 Å². The number of hydrogen-bond acceptors (Lipinski definition) is 7. The number of thiazole rings is 1. The summed E-state index contributed by atoms with van der Waals surface area (Å²) in [5, 5.41) is 7.81. The molecule has 0 aliphatic rings. The van der Waals surface area contributed by atoms with Crippen LogP contribution >= 0.6 is 34.5 Å². The van der Waals surface area contributed by atoms with Gasteiger partial charge in [0.2, 0.25) is 5.13 Å². The van der Waals surface area contributed by atoms with Crippen molar-refractivity contribution in [3.05, 3.63) is 93.3 Å². The summed E-state index contributed by atoms with van der Waals surface area (Å²) in [6.07, 6.45) is 1.61. The largest absolute Gasteiger partial charge is 0.493 e. The number of methoxy groups -OCH3 is 1. The quantitative estimate of drug-likeness (QED) is 0.131. The molecule has 1 aromatic heterocycles. The van der Waals surface area contributed by atoms with Crippen LogP contribution in [-0.2, 0) is 0 Å². The molecule has 1 N–H and O–H groups in total. The van der Waals surface area contributed by atoms with Gasteiger partial charge in [0, 0.05) is 16.0 Å². The van der Waals surface area contributed by atoms with Gasteiger partial charge in [0.1, 0.15) is 0 Å². The second-order valence-electron chi connectivity index (χ2n) is 6.70. The van der Waals surface area contributed by atoms with Crippen molar-refractivity contribution in [2.75, 3.05) is 12.5 Å². The predicted molar refractivity (Wildman–Crippen MR) is 133 cm³/mol. The smallest absolute Gasteiger partial charge is 0.343 e. The maximum absolute atomic E-state index is 12.3. The van der Waals surface area contributed by atoms with Gasteiger partial charge < -0.3 is 9.47 Å². The number of rotatable bonds is 7. The molecule has 6 nitrogen and oxygen atoms in total. The minimum atomic E-state index is -0.461. The summed E-state index contributed by atoms with van der Waals surface area (Å²) in [4.78, 5) is 16.8. The molecule has 4 aromatic rings. The molecule has 0 bridgehead atoms. The van der Waals surface area contributed by atoms with Gasteiger partial charge in [0.05, 0.1) is 29.6 Å². The van der Waals surface area contributed by atoms with Gasteiger partial charge in [-0.3, -0.25) is 5.43 Å². The Kier molecular flexibility index (Phi) is 7.24. The minimum Gasteiger partial charge on any atom is -0.493 e. The molecule has 0 spiro atoms. The first-order valence-electron chi connectivity index (χ1n) is 9.69. The van der Waals surface area contributed by atoms with Crippen LogP contribution in [-0.4, -0.2) is 24.3 Å². The number of nitrogens with zero attached hydrogens (tertiary/aromatic N) is 2. The van der Waals surface area contributed by atoms with Crippen molar-refractivity contribution in [1.82, 2.24) is 4.98 Å². The zero-order valence-electron chi connectivity index (χ0n) is 17.3. The van der Waals surface area contributed by atoms with E-state index >= 15 is 0 Å². The Hall–Kier alpha value is -3.39. The van der Waals surface area contributed by atoms with Gasteiger partial charge in [-0.15, -0.1) is 11.3 Å². The van der Waals surface area contributed by atoms with E-state index in [2.05, 4.69) is 15.5 Å². The van der Waals surface area contributed by atoms with E-state index in [1.54, 1.807) is 60.8 Å². The molecular weight excluding hydrogens is 481 g/mol. The van der Waals surface area contributed by atoms with E-state index in [-0.39, 0.29) is 0 Å². The summed E-state index contributed by atoms with van der Waals surface area (Å²) in [5.41, 5.74) is 5.62. The summed E-state index contributed by atoms with van der Waals surface area (Å²) in [7, 11) is 1.51. The standard InChI is InChI=1S/C24H17Cl2N3O3S/c1-31-22-11-15(7-10-21(22)32-23(30)16-5-3-2-4-6-16)13-27-29-24-28-20(14-33-24)18-9-8-17(25)12-19(18)26/h2-14H,1H3,(H,28,29)/b27-13-. The lowest BCUT2D eigenvalue weighted by Gasteiger charge is -2.09. The van der Waals surface area contributed by atoms with E-state index in [0.717, 1.165) is 16.8 Å². The zero-order valence-corrected chi connectivity index (χ0v) is 19.6. The fourth-order valence-electron chi connectivity index (χ4n) is 2.89. The Morgan fingerprint density at radius 3 is 2.64 bits per heavy atom. The van der Waals surface area contributed by atoms with E-state index in [1.165, 1.54) is 18.4 Å². The van der Waals surface area contributed by atoms with Gasteiger partial charge in [0.25, 0.3) is 0 Å². The Bertz CT molecular complexity index is 1310. The number of carbonyl (C=O) groups excluding carboxylic acids is 1. The van der Waals surface area contributed by atoms with E-state index in [9.17, 15) is 4.79 Å². The third-order valence-corrected chi connectivity index (χ3v) is 5.78. The molecule has 166 valence electrons. The number of aromatic nitrogens is 1. The Morgan fingerprint density at radius 1 is 1.06 bits per heavy atom. The van der Waals surface area contributed by atoms with E-state index in [0.29, 0.717) is 32.2 Å². The van der Waals surface area contributed by atoms with Gasteiger partial charge in [-0.25, -0.2) is 9.78 Å². The topological polar surface area (TPSA) is 72.8 Å². The average Bonchev–Trinajstić information content (AvgIpc) is 3.29. The third-order valence-electron chi connectivity index (χ3n) is 4.48. The molecule has 0 saturated carbocycles. The molecule has 3 aromatic carbocycles. The third kappa shape index (κ3) is 5.70. The van der Waals surface area contributed by atoms with Crippen LogP contribution in [0.2, 0.25) is 10.0 Å². The summed E-state index contributed by atoms with van der Waals surface area (Å²) >= 11 is 13.6. The number of nitrogens with one attached hydrogen (secondary N) is 1. The van der Waals surface area contributed by atoms with Crippen LogP contribution in [0.5, 0.6) is 11.5 Å². The molecule has 4 rings (SSSR count). The van der Waals surface area contributed by atoms with Crippen LogP contribution in [0.15, 0.2) is 77.2 Å². The lowest BCUT2D eigenvalue weighted by Crippen LogP contribution is -2.09. The molecule has 0 aliphatic carbocycles. The molecule has 0 saturated heterocycles. The fraction of sp³-hybridized carbons (Fsp3) is 0.0417. The summed E-state index contributed by atoms with van der Waals surface area (Å²) < 4.78 is 10.8. The minimum absolute atomic E-state index is 0.320. The monoisotopic (exact) mass is 497 g/mol. The summed E-state index contributed by atoms with van der Waals surface area (Å²) in [6, 6.07) is 19.2. The fourth-order valence-corrected chi connectivity index (χ4v) is 4.05. The Morgan fingerprint density at radius 2 is 1.88 bits per heavy atom. The van der Waals surface area contributed by atoms with Gasteiger partial charge >= 0.3 is 5.97 Å². The van der Waals surface area contributed by atoms with Gasteiger partial charge in [-0.05, 0) is 54.1 Å². The second-order valence-corrected chi connectivity index (χ2v) is 8.40. The highest BCUT2D eigenvalue weighted by atomic mass is 35.5. The molecule has 0 radical (unpaired) electrons. The average molecular weight is 498 g/mol. The van der Waals surface area contributed by atoms with E-state index in [4.69, 9.17) is 32.7 Å².